The van der Waals surface area contributed by atoms with Crippen LogP contribution < -0.4 is 0 Å². The Balaban J connectivity index is 1.14. The third-order valence-electron chi connectivity index (χ3n) is 10.8. The van der Waals surface area contributed by atoms with Gasteiger partial charge >= 0.3 is 0 Å². The zero-order valence-electron chi connectivity index (χ0n) is 29.8. The van der Waals surface area contributed by atoms with Gasteiger partial charge in [0, 0.05) is 49.3 Å². The van der Waals surface area contributed by atoms with Crippen LogP contribution in [0.15, 0.2) is 194 Å². The quantitative estimate of drug-likeness (QED) is 0.168. The van der Waals surface area contributed by atoms with Crippen molar-refractivity contribution in [3.63, 3.8) is 0 Å². The molecule has 3 aromatic heterocycles. The lowest BCUT2D eigenvalue weighted by Gasteiger charge is -2.15. The summed E-state index contributed by atoms with van der Waals surface area (Å²) in [6.45, 7) is 0. The second-order valence-corrected chi connectivity index (χ2v) is 14.0. The number of rotatable bonds is 5. The molecule has 0 aliphatic carbocycles. The van der Waals surface area contributed by atoms with Crippen molar-refractivity contribution >= 4 is 54.4 Å². The predicted molar refractivity (Wildman–Crippen MR) is 228 cm³/mol. The molecule has 11 aromatic rings. The Morgan fingerprint density at radius 3 is 1.67 bits per heavy atom. The van der Waals surface area contributed by atoms with E-state index >= 15 is 0 Å². The molecule has 256 valence electrons. The molecule has 0 N–H and O–H groups in total. The number of fused-ring (bicyclic) bond motifs is 7. The highest BCUT2D eigenvalue weighted by Crippen LogP contribution is 2.42. The number of para-hydroxylation sites is 3. The maximum absolute atomic E-state index is 5.43. The van der Waals surface area contributed by atoms with Crippen LogP contribution in [0.25, 0.3) is 105 Å². The Kier molecular flexibility index (Phi) is 7.14. The van der Waals surface area contributed by atoms with Crippen molar-refractivity contribution < 1.29 is 0 Å². The molecular weight excluding hydrogens is 669 g/mol. The molecule has 0 amide bonds. The third kappa shape index (κ3) is 5.11. The van der Waals surface area contributed by atoms with Gasteiger partial charge in [0.15, 0.2) is 5.82 Å². The molecule has 4 nitrogen and oxygen atoms in total. The Morgan fingerprint density at radius 1 is 0.327 bits per heavy atom. The highest BCUT2D eigenvalue weighted by atomic mass is 15.0. The van der Waals surface area contributed by atoms with E-state index in [4.69, 9.17) is 15.0 Å². The van der Waals surface area contributed by atoms with Gasteiger partial charge in [-0.25, -0.2) is 15.0 Å². The Hall–Kier alpha value is -7.43. The molecule has 4 heteroatoms. The smallest absolute Gasteiger partial charge is 0.160 e. The van der Waals surface area contributed by atoms with Crippen molar-refractivity contribution in [3.05, 3.63) is 194 Å². The number of nitrogens with zero attached hydrogens (tertiary/aromatic N) is 4. The van der Waals surface area contributed by atoms with E-state index in [1.807, 2.05) is 18.2 Å². The predicted octanol–water partition coefficient (Wildman–Crippen LogP) is 13.1. The van der Waals surface area contributed by atoms with Gasteiger partial charge < -0.3 is 4.57 Å². The molecule has 0 atom stereocenters. The number of hydrogen-bond donors (Lipinski definition) is 0. The van der Waals surface area contributed by atoms with Gasteiger partial charge in [-0.15, -0.1) is 0 Å². The first-order chi connectivity index (χ1) is 27.3. The molecule has 0 bridgehead atoms. The van der Waals surface area contributed by atoms with Gasteiger partial charge in [-0.3, -0.25) is 0 Å². The monoisotopic (exact) mass is 700 g/mol. The van der Waals surface area contributed by atoms with E-state index in [1.54, 1.807) is 0 Å². The summed E-state index contributed by atoms with van der Waals surface area (Å²) in [7, 11) is 0. The molecule has 8 aromatic carbocycles. The van der Waals surface area contributed by atoms with Crippen LogP contribution in [-0.2, 0) is 0 Å². The van der Waals surface area contributed by atoms with Crippen LogP contribution >= 0.6 is 0 Å². The van der Waals surface area contributed by atoms with Crippen molar-refractivity contribution in [1.29, 1.82) is 0 Å². The minimum absolute atomic E-state index is 0.707. The molecule has 0 fully saturated rings. The fourth-order valence-electron chi connectivity index (χ4n) is 8.25. The Bertz CT molecular complexity index is 3220. The van der Waals surface area contributed by atoms with Crippen molar-refractivity contribution in [2.75, 3.05) is 0 Å². The minimum atomic E-state index is 0.707. The summed E-state index contributed by atoms with van der Waals surface area (Å²) in [6.07, 6.45) is 0. The summed E-state index contributed by atoms with van der Waals surface area (Å²) < 4.78 is 2.38. The van der Waals surface area contributed by atoms with E-state index in [-0.39, 0.29) is 0 Å². The first kappa shape index (κ1) is 31.1. The molecule has 0 saturated heterocycles. The van der Waals surface area contributed by atoms with Crippen molar-refractivity contribution in [2.45, 2.75) is 0 Å². The van der Waals surface area contributed by atoms with Crippen LogP contribution in [0.2, 0.25) is 0 Å². The van der Waals surface area contributed by atoms with Crippen molar-refractivity contribution in [1.82, 2.24) is 19.5 Å². The summed E-state index contributed by atoms with van der Waals surface area (Å²) in [5.74, 6) is 0.707. The summed E-state index contributed by atoms with van der Waals surface area (Å²) >= 11 is 0. The van der Waals surface area contributed by atoms with Crippen LogP contribution in [0.5, 0.6) is 0 Å². The van der Waals surface area contributed by atoms with Crippen LogP contribution in [0.3, 0.4) is 0 Å². The molecule has 0 spiro atoms. The first-order valence-electron chi connectivity index (χ1n) is 18.6. The second kappa shape index (κ2) is 12.6. The second-order valence-electron chi connectivity index (χ2n) is 14.0. The highest BCUT2D eigenvalue weighted by molar-refractivity contribution is 6.22. The number of aromatic nitrogens is 4. The normalized spacial score (nSPS) is 11.6. The molecule has 0 aliphatic heterocycles. The maximum Gasteiger partial charge on any atom is 0.160 e. The lowest BCUT2D eigenvalue weighted by atomic mass is 9.92. The van der Waals surface area contributed by atoms with E-state index in [0.29, 0.717) is 5.82 Å². The maximum atomic E-state index is 5.43. The zero-order valence-corrected chi connectivity index (χ0v) is 29.8. The topological polar surface area (TPSA) is 43.6 Å². The van der Waals surface area contributed by atoms with Crippen LogP contribution in [0, 0.1) is 0 Å². The number of pyridine rings is 1. The molecule has 55 heavy (non-hydrogen) atoms. The number of benzene rings is 8. The first-order valence-corrected chi connectivity index (χ1v) is 18.6. The molecule has 0 aliphatic rings. The number of hydrogen-bond acceptors (Lipinski definition) is 3. The van der Waals surface area contributed by atoms with E-state index in [9.17, 15) is 0 Å². The van der Waals surface area contributed by atoms with Gasteiger partial charge in [0.05, 0.1) is 33.5 Å². The lowest BCUT2D eigenvalue weighted by Crippen LogP contribution is -1.96. The van der Waals surface area contributed by atoms with Gasteiger partial charge in [-0.05, 0) is 59.0 Å². The van der Waals surface area contributed by atoms with Crippen molar-refractivity contribution in [2.24, 2.45) is 0 Å². The molecule has 0 saturated carbocycles. The fraction of sp³-hybridized carbons (Fsp3) is 0. The third-order valence-corrected chi connectivity index (χ3v) is 10.8. The zero-order chi connectivity index (χ0) is 36.3. The summed E-state index contributed by atoms with van der Waals surface area (Å²) in [5, 5.41) is 6.91. The summed E-state index contributed by atoms with van der Waals surface area (Å²) in [4.78, 5) is 15.6. The lowest BCUT2D eigenvalue weighted by molar-refractivity contribution is 1.18. The van der Waals surface area contributed by atoms with Crippen LogP contribution in [0.1, 0.15) is 0 Å². The average molecular weight is 701 g/mol. The van der Waals surface area contributed by atoms with Gasteiger partial charge in [-0.2, -0.15) is 0 Å². The van der Waals surface area contributed by atoms with Crippen LogP contribution in [0.4, 0.5) is 0 Å². The molecule has 0 radical (unpaired) electrons. The average Bonchev–Trinajstić information content (AvgIpc) is 3.59. The van der Waals surface area contributed by atoms with Gasteiger partial charge in [0.25, 0.3) is 0 Å². The fourth-order valence-corrected chi connectivity index (χ4v) is 8.25. The van der Waals surface area contributed by atoms with E-state index in [0.717, 1.165) is 77.6 Å². The SMILES string of the molecule is c1ccc(-c2nc(-c3ccc(-c4cccc5nc(-c6ccccc6)c6cc7c(cc6c45)c4ccccc4n7-c4ccccc4)cc3)nc3ccccc23)cc1. The molecule has 3 heterocycles. The Morgan fingerprint density at radius 2 is 0.927 bits per heavy atom. The van der Waals surface area contributed by atoms with Gasteiger partial charge in [0.1, 0.15) is 0 Å². The standard InChI is InChI=1S/C51H32N4/c1-4-15-34(16-5-1)49-40-22-10-12-24-44(40)53-51(54-49)36-29-27-33(28-30-36)38-23-14-25-45-48(38)42-31-41-39-21-11-13-26-46(39)55(37-19-8-3-9-20-37)47(41)32-43(42)50(52-45)35-17-6-2-7-18-35/h1-32H. The van der Waals surface area contributed by atoms with Gasteiger partial charge in [0.2, 0.25) is 0 Å². The summed E-state index contributed by atoms with van der Waals surface area (Å²) in [5.41, 5.74) is 12.7. The van der Waals surface area contributed by atoms with E-state index in [1.165, 1.54) is 21.7 Å². The highest BCUT2D eigenvalue weighted by Gasteiger charge is 2.19. The van der Waals surface area contributed by atoms with E-state index < -0.39 is 0 Å². The molecule has 0 unspecified atom stereocenters. The van der Waals surface area contributed by atoms with Gasteiger partial charge in [-0.1, -0.05) is 152 Å². The summed E-state index contributed by atoms with van der Waals surface area (Å²) in [6, 6.07) is 68.4. The van der Waals surface area contributed by atoms with Crippen LogP contribution in [-0.4, -0.2) is 19.5 Å². The largest absolute Gasteiger partial charge is 0.309 e. The van der Waals surface area contributed by atoms with Crippen molar-refractivity contribution in [3.8, 4) is 50.7 Å². The molecule has 11 rings (SSSR count). The molecular formula is C51H32N4. The Labute approximate surface area is 317 Å². The minimum Gasteiger partial charge on any atom is -0.309 e. The van der Waals surface area contributed by atoms with E-state index in [2.05, 4.69) is 180 Å².